The molecule has 1 nitrogen and oxygen atoms in total. The molecule has 0 spiro atoms. The maximum absolute atomic E-state index is 15.8. The summed E-state index contributed by atoms with van der Waals surface area (Å²) in [7, 11) is 0. The molecule has 56 heavy (non-hydrogen) atoms. The fraction of sp³-hybridized carbons (Fsp3) is 0.691. The lowest BCUT2D eigenvalue weighted by Crippen LogP contribution is -2.68. The minimum atomic E-state index is -0.346. The minimum Gasteiger partial charge on any atom is -0.298 e. The zero-order valence-corrected chi connectivity index (χ0v) is 38.4. The lowest BCUT2D eigenvalue weighted by molar-refractivity contribution is -0.218. The number of carbonyl (C=O) groups is 1. The summed E-state index contributed by atoms with van der Waals surface area (Å²) < 4.78 is 0. The third kappa shape index (κ3) is 7.51. The van der Waals surface area contributed by atoms with Gasteiger partial charge in [-0.05, 0) is 158 Å². The molecule has 1 heteroatoms. The first kappa shape index (κ1) is 43.2. The van der Waals surface area contributed by atoms with E-state index < -0.39 is 0 Å². The van der Waals surface area contributed by atoms with Crippen LogP contribution in [-0.4, -0.2) is 5.78 Å². The van der Waals surface area contributed by atoms with Crippen LogP contribution in [0.25, 0.3) is 0 Å². The van der Waals surface area contributed by atoms with Crippen LogP contribution in [-0.2, 0) is 11.2 Å². The SMILES string of the molecule is C=C(C)C[C@@]12CC[C@@H]1C[C@H](C)[C@@]1(C)C(=O)[C@H](C)C3=C(C)[C@H](CC(C)C(C)C(CCCC(C)(C)C)c4ccccc4)C[C@@](C)([C@@H](CCc4ccccc4)C21)C3(C)C. The number of hydrogen-bond acceptors (Lipinski definition) is 1. The second-order valence-electron chi connectivity index (χ2n) is 22.8. The van der Waals surface area contributed by atoms with Gasteiger partial charge < -0.3 is 0 Å². The molecule has 3 fully saturated rings. The van der Waals surface area contributed by atoms with Gasteiger partial charge in [0.25, 0.3) is 0 Å². The molecule has 4 unspecified atom stereocenters. The highest BCUT2D eigenvalue weighted by atomic mass is 16.1. The first-order valence-corrected chi connectivity index (χ1v) is 23.2. The van der Waals surface area contributed by atoms with E-state index in [2.05, 4.69) is 157 Å². The van der Waals surface area contributed by atoms with Crippen LogP contribution in [0.1, 0.15) is 171 Å². The smallest absolute Gasteiger partial charge is 0.146 e. The Hall–Kier alpha value is -2.41. The van der Waals surface area contributed by atoms with Crippen molar-refractivity contribution in [3.05, 3.63) is 95.1 Å². The fourth-order valence-corrected chi connectivity index (χ4v) is 14.6. The first-order chi connectivity index (χ1) is 26.2. The zero-order chi connectivity index (χ0) is 41.0. The number of rotatable bonds is 13. The highest BCUT2D eigenvalue weighted by molar-refractivity contribution is 5.90. The van der Waals surface area contributed by atoms with Crippen molar-refractivity contribution >= 4 is 5.78 Å². The summed E-state index contributed by atoms with van der Waals surface area (Å²) in [4.78, 5) is 15.8. The van der Waals surface area contributed by atoms with Crippen LogP contribution in [0.4, 0.5) is 0 Å². The summed E-state index contributed by atoms with van der Waals surface area (Å²) in [6.07, 6.45) is 13.3. The summed E-state index contributed by atoms with van der Waals surface area (Å²) in [5.41, 5.74) is 7.50. The Morgan fingerprint density at radius 1 is 0.946 bits per heavy atom. The van der Waals surface area contributed by atoms with Crippen LogP contribution >= 0.6 is 0 Å². The third-order valence-electron chi connectivity index (χ3n) is 18.2. The molecule has 2 aromatic carbocycles. The van der Waals surface area contributed by atoms with Gasteiger partial charge in [0, 0.05) is 11.3 Å². The van der Waals surface area contributed by atoms with Gasteiger partial charge in [-0.15, -0.1) is 6.58 Å². The Labute approximate surface area is 345 Å². The Morgan fingerprint density at radius 2 is 1.57 bits per heavy atom. The van der Waals surface area contributed by atoms with Gasteiger partial charge in [0.1, 0.15) is 5.78 Å². The Kier molecular flexibility index (Phi) is 12.3. The first-order valence-electron chi connectivity index (χ1n) is 23.2. The van der Waals surface area contributed by atoms with Gasteiger partial charge in [0.15, 0.2) is 0 Å². The number of aryl methyl sites for hydroxylation is 1. The van der Waals surface area contributed by atoms with Crippen molar-refractivity contribution in [3.63, 3.8) is 0 Å². The van der Waals surface area contributed by atoms with Gasteiger partial charge >= 0.3 is 0 Å². The molecular weight excluding hydrogens is 677 g/mol. The molecule has 0 saturated heterocycles. The normalized spacial score (nSPS) is 35.6. The van der Waals surface area contributed by atoms with Crippen molar-refractivity contribution in [2.24, 2.45) is 74.4 Å². The van der Waals surface area contributed by atoms with E-state index in [1.54, 1.807) is 5.57 Å². The van der Waals surface area contributed by atoms with E-state index in [1.807, 2.05) is 0 Å². The van der Waals surface area contributed by atoms with Crippen LogP contribution in [0.2, 0.25) is 0 Å². The second-order valence-corrected chi connectivity index (χ2v) is 22.8. The summed E-state index contributed by atoms with van der Waals surface area (Å²) >= 11 is 0. The van der Waals surface area contributed by atoms with E-state index in [0.29, 0.717) is 58.5 Å². The maximum Gasteiger partial charge on any atom is 0.146 e. The summed E-state index contributed by atoms with van der Waals surface area (Å²) in [6.45, 7) is 36.8. The van der Waals surface area contributed by atoms with E-state index in [9.17, 15) is 0 Å². The number of ketones is 1. The lowest BCUT2D eigenvalue weighted by Gasteiger charge is -2.72. The minimum absolute atomic E-state index is 0.0515. The number of Topliss-reactive ketones (excluding diaryl/α,β-unsaturated/α-hetero) is 1. The molecule has 0 heterocycles. The molecular formula is C55H82O. The zero-order valence-electron chi connectivity index (χ0n) is 38.4. The third-order valence-corrected chi connectivity index (χ3v) is 18.2. The van der Waals surface area contributed by atoms with Crippen LogP contribution in [0.3, 0.4) is 0 Å². The lowest BCUT2D eigenvalue weighted by atomic mass is 9.31. The molecule has 12 atom stereocenters. The average molecular weight is 759 g/mol. The second kappa shape index (κ2) is 16.0. The number of allylic oxidation sites excluding steroid dienone is 3. The molecule has 0 aromatic heterocycles. The Balaban J connectivity index is 1.45. The standard InChI is InChI=1S/C55H82O/c1-36(2)34-55-31-29-45(55)33-38(4)54(14)49(55)47(28-27-42-22-17-15-18-23-42)53(13)35-44(40(6)48(52(53,11)12)41(7)50(54)56)32-37(3)39(5)46(26-21-30-51(8,9)10)43-24-19-16-20-25-43/h15-20,22-25,37-39,41,44-47,49H,1,21,26-35H2,2-14H3/t37?,38-,39?,41+,44+,45+,46?,47-,49?,53-,54+,55-/m0/s1. The molecule has 2 bridgehead atoms. The molecule has 308 valence electrons. The van der Waals surface area contributed by atoms with Crippen molar-refractivity contribution < 1.29 is 4.79 Å². The molecule has 6 rings (SSSR count). The quantitative estimate of drug-likeness (QED) is 0.186. The maximum atomic E-state index is 15.8. The highest BCUT2D eigenvalue weighted by Crippen LogP contribution is 2.76. The largest absolute Gasteiger partial charge is 0.298 e. The van der Waals surface area contributed by atoms with Gasteiger partial charge in [0.2, 0.25) is 0 Å². The predicted octanol–water partition coefficient (Wildman–Crippen LogP) is 15.5. The molecule has 2 aromatic rings. The van der Waals surface area contributed by atoms with Crippen LogP contribution in [0, 0.1) is 74.4 Å². The number of benzene rings is 2. The van der Waals surface area contributed by atoms with Crippen LogP contribution < -0.4 is 0 Å². The molecule has 0 radical (unpaired) electrons. The van der Waals surface area contributed by atoms with Gasteiger partial charge in [-0.1, -0.05) is 160 Å². The van der Waals surface area contributed by atoms with Crippen molar-refractivity contribution in [1.82, 2.24) is 0 Å². The van der Waals surface area contributed by atoms with E-state index in [4.69, 9.17) is 0 Å². The van der Waals surface area contributed by atoms with E-state index >= 15 is 4.79 Å². The van der Waals surface area contributed by atoms with Gasteiger partial charge in [-0.3, -0.25) is 4.79 Å². The molecule has 0 amide bonds. The van der Waals surface area contributed by atoms with Gasteiger partial charge in [-0.2, -0.15) is 0 Å². The topological polar surface area (TPSA) is 17.1 Å². The molecule has 4 aliphatic rings. The van der Waals surface area contributed by atoms with Gasteiger partial charge in [0.05, 0.1) is 0 Å². The van der Waals surface area contributed by atoms with Gasteiger partial charge in [-0.25, -0.2) is 0 Å². The van der Waals surface area contributed by atoms with E-state index in [-0.39, 0.29) is 27.6 Å². The predicted molar refractivity (Wildman–Crippen MR) is 241 cm³/mol. The fourth-order valence-electron chi connectivity index (χ4n) is 14.6. The molecule has 3 saturated carbocycles. The number of hydrogen-bond donors (Lipinski definition) is 0. The summed E-state index contributed by atoms with van der Waals surface area (Å²) in [5.74, 6) is 4.59. The van der Waals surface area contributed by atoms with Crippen LogP contribution in [0.5, 0.6) is 0 Å². The van der Waals surface area contributed by atoms with E-state index in [1.165, 1.54) is 73.6 Å². The Bertz CT molecular complexity index is 1720. The summed E-state index contributed by atoms with van der Waals surface area (Å²) in [5, 5.41) is 0. The molecule has 0 aliphatic heterocycles. The monoisotopic (exact) mass is 759 g/mol. The molecule has 4 aliphatic carbocycles. The number of carbonyl (C=O) groups excluding carboxylic acids is 1. The number of fused-ring (bicyclic) bond motifs is 5. The van der Waals surface area contributed by atoms with Crippen molar-refractivity contribution in [2.45, 2.75) is 167 Å². The average Bonchev–Trinajstić information content (AvgIpc) is 3.13. The molecule has 0 N–H and O–H groups in total. The van der Waals surface area contributed by atoms with Crippen molar-refractivity contribution in [3.8, 4) is 0 Å². The van der Waals surface area contributed by atoms with Crippen LogP contribution in [0.15, 0.2) is 84.0 Å². The highest BCUT2D eigenvalue weighted by Gasteiger charge is 2.71. The van der Waals surface area contributed by atoms with Crippen molar-refractivity contribution in [2.75, 3.05) is 0 Å². The summed E-state index contributed by atoms with van der Waals surface area (Å²) in [6, 6.07) is 22.7. The van der Waals surface area contributed by atoms with E-state index in [0.717, 1.165) is 19.3 Å². The van der Waals surface area contributed by atoms with Crippen molar-refractivity contribution in [1.29, 1.82) is 0 Å². The Morgan fingerprint density at radius 3 is 2.14 bits per heavy atom.